The molecule has 0 atom stereocenters. The monoisotopic (exact) mass is 318 g/mol. The molecule has 0 saturated carbocycles. The van der Waals surface area contributed by atoms with Crippen LogP contribution in [0.5, 0.6) is 0 Å². The van der Waals surface area contributed by atoms with E-state index in [1.165, 1.54) is 6.07 Å². The van der Waals surface area contributed by atoms with Gasteiger partial charge in [-0.3, -0.25) is 0 Å². The summed E-state index contributed by atoms with van der Waals surface area (Å²) in [6, 6.07) is 11.3. The number of aliphatic hydroxyl groups is 1. The molecular weight excluding hydrogens is 298 g/mol. The number of nitrogens with zero attached hydrogens (tertiary/aromatic N) is 1. The number of aliphatic hydroxyl groups excluding tert-OH is 1. The van der Waals surface area contributed by atoms with E-state index < -0.39 is 11.6 Å². The van der Waals surface area contributed by atoms with Gasteiger partial charge in [0.25, 0.3) is 0 Å². The van der Waals surface area contributed by atoms with Gasteiger partial charge in [-0.15, -0.1) is 0 Å². The van der Waals surface area contributed by atoms with Gasteiger partial charge in [-0.1, -0.05) is 12.1 Å². The topological polar surface area (TPSA) is 35.5 Å². The number of piperidine rings is 1. The minimum Gasteiger partial charge on any atom is -0.393 e. The van der Waals surface area contributed by atoms with Crippen LogP contribution >= 0.6 is 0 Å². The van der Waals surface area contributed by atoms with Gasteiger partial charge in [0.15, 0.2) is 0 Å². The molecule has 0 bridgehead atoms. The molecule has 2 aromatic rings. The highest BCUT2D eigenvalue weighted by Crippen LogP contribution is 2.29. The van der Waals surface area contributed by atoms with Crippen molar-refractivity contribution in [3.05, 3.63) is 59.7 Å². The van der Waals surface area contributed by atoms with Gasteiger partial charge in [0.05, 0.1) is 17.5 Å². The van der Waals surface area contributed by atoms with Gasteiger partial charge in [0, 0.05) is 25.2 Å². The van der Waals surface area contributed by atoms with E-state index in [1.54, 1.807) is 0 Å². The number of anilines is 2. The summed E-state index contributed by atoms with van der Waals surface area (Å²) in [6.45, 7) is 1.79. The predicted molar refractivity (Wildman–Crippen MR) is 87.6 cm³/mol. The van der Waals surface area contributed by atoms with Crippen LogP contribution in [-0.4, -0.2) is 24.3 Å². The lowest BCUT2D eigenvalue weighted by Gasteiger charge is -2.33. The van der Waals surface area contributed by atoms with Crippen molar-refractivity contribution in [2.24, 2.45) is 0 Å². The molecule has 0 amide bonds. The standard InChI is InChI=1S/C18H20F2N2O/c19-14-5-6-16(20)13(11-14)12-21-17-3-1-2-4-18(17)22-9-7-15(23)8-10-22/h1-6,11,15,21,23H,7-10,12H2. The molecule has 5 heteroatoms. The maximum absolute atomic E-state index is 13.7. The Morgan fingerprint density at radius 1 is 1.09 bits per heavy atom. The Hall–Kier alpha value is -2.14. The van der Waals surface area contributed by atoms with Gasteiger partial charge in [-0.25, -0.2) is 8.78 Å². The van der Waals surface area contributed by atoms with Crippen molar-refractivity contribution < 1.29 is 13.9 Å². The molecular formula is C18H20F2N2O. The zero-order valence-electron chi connectivity index (χ0n) is 12.8. The largest absolute Gasteiger partial charge is 0.393 e. The molecule has 1 aliphatic rings. The Labute approximate surface area is 134 Å². The van der Waals surface area contributed by atoms with Crippen LogP contribution in [0.4, 0.5) is 20.2 Å². The summed E-state index contributed by atoms with van der Waals surface area (Å²) in [6.07, 6.45) is 1.26. The number of nitrogens with one attached hydrogen (secondary N) is 1. The molecule has 3 nitrogen and oxygen atoms in total. The van der Waals surface area contributed by atoms with Crippen molar-refractivity contribution in [2.75, 3.05) is 23.3 Å². The minimum absolute atomic E-state index is 0.219. The number of hydrogen-bond donors (Lipinski definition) is 2. The van der Waals surface area contributed by atoms with Crippen LogP contribution in [0.3, 0.4) is 0 Å². The molecule has 1 fully saturated rings. The lowest BCUT2D eigenvalue weighted by atomic mass is 10.1. The third-order valence-electron chi connectivity index (χ3n) is 4.19. The number of para-hydroxylation sites is 2. The molecule has 122 valence electrons. The van der Waals surface area contributed by atoms with Crippen LogP contribution in [-0.2, 0) is 6.54 Å². The molecule has 0 aromatic heterocycles. The van der Waals surface area contributed by atoms with E-state index in [4.69, 9.17) is 0 Å². The molecule has 0 radical (unpaired) electrons. The van der Waals surface area contributed by atoms with E-state index in [0.29, 0.717) is 5.56 Å². The molecule has 0 aliphatic carbocycles. The van der Waals surface area contributed by atoms with E-state index >= 15 is 0 Å². The van der Waals surface area contributed by atoms with Crippen LogP contribution in [0, 0.1) is 11.6 Å². The van der Waals surface area contributed by atoms with Crippen LogP contribution < -0.4 is 10.2 Å². The first kappa shape index (κ1) is 15.7. The van der Waals surface area contributed by atoms with E-state index in [-0.39, 0.29) is 12.6 Å². The predicted octanol–water partition coefficient (Wildman–Crippen LogP) is 3.54. The highest BCUT2D eigenvalue weighted by atomic mass is 19.1. The molecule has 2 aromatic carbocycles. The van der Waals surface area contributed by atoms with Gasteiger partial charge in [0.1, 0.15) is 11.6 Å². The average molecular weight is 318 g/mol. The molecule has 1 heterocycles. The van der Waals surface area contributed by atoms with Crippen LogP contribution in [0.15, 0.2) is 42.5 Å². The van der Waals surface area contributed by atoms with Gasteiger partial charge in [0.2, 0.25) is 0 Å². The highest BCUT2D eigenvalue weighted by molar-refractivity contribution is 5.70. The Balaban J connectivity index is 1.74. The summed E-state index contributed by atoms with van der Waals surface area (Å²) in [4.78, 5) is 2.21. The second-order valence-electron chi connectivity index (χ2n) is 5.82. The summed E-state index contributed by atoms with van der Waals surface area (Å²) in [5, 5.41) is 12.8. The summed E-state index contributed by atoms with van der Waals surface area (Å²) >= 11 is 0. The number of rotatable bonds is 4. The average Bonchev–Trinajstić information content (AvgIpc) is 2.57. The summed E-state index contributed by atoms with van der Waals surface area (Å²) in [7, 11) is 0. The molecule has 0 unspecified atom stereocenters. The number of halogens is 2. The third kappa shape index (κ3) is 3.79. The molecule has 3 rings (SSSR count). The van der Waals surface area contributed by atoms with Crippen molar-refractivity contribution in [3.63, 3.8) is 0 Å². The summed E-state index contributed by atoms with van der Waals surface area (Å²) in [5.41, 5.74) is 2.21. The normalized spacial score (nSPS) is 15.7. The van der Waals surface area contributed by atoms with Gasteiger partial charge < -0.3 is 15.3 Å². The minimum atomic E-state index is -0.443. The summed E-state index contributed by atoms with van der Waals surface area (Å²) in [5.74, 6) is -0.862. The maximum atomic E-state index is 13.7. The Bertz CT molecular complexity index is 670. The number of benzene rings is 2. The van der Waals surface area contributed by atoms with Gasteiger partial charge >= 0.3 is 0 Å². The highest BCUT2D eigenvalue weighted by Gasteiger charge is 2.19. The zero-order chi connectivity index (χ0) is 16.2. The van der Waals surface area contributed by atoms with Crippen molar-refractivity contribution in [3.8, 4) is 0 Å². The Kier molecular flexibility index (Phi) is 4.76. The van der Waals surface area contributed by atoms with Crippen LogP contribution in [0.2, 0.25) is 0 Å². The van der Waals surface area contributed by atoms with Crippen LogP contribution in [0.25, 0.3) is 0 Å². The van der Waals surface area contributed by atoms with Crippen molar-refractivity contribution in [1.82, 2.24) is 0 Å². The van der Waals surface area contributed by atoms with E-state index in [1.807, 2.05) is 24.3 Å². The smallest absolute Gasteiger partial charge is 0.128 e. The van der Waals surface area contributed by atoms with Crippen molar-refractivity contribution in [1.29, 1.82) is 0 Å². The third-order valence-corrected chi connectivity index (χ3v) is 4.19. The zero-order valence-corrected chi connectivity index (χ0v) is 12.8. The van der Waals surface area contributed by atoms with E-state index in [2.05, 4.69) is 10.2 Å². The first-order valence-corrected chi connectivity index (χ1v) is 7.83. The van der Waals surface area contributed by atoms with E-state index in [0.717, 1.165) is 49.4 Å². The molecule has 2 N–H and O–H groups in total. The van der Waals surface area contributed by atoms with Crippen LogP contribution in [0.1, 0.15) is 18.4 Å². The lowest BCUT2D eigenvalue weighted by molar-refractivity contribution is 0.145. The fourth-order valence-electron chi connectivity index (χ4n) is 2.87. The Morgan fingerprint density at radius 3 is 2.61 bits per heavy atom. The second-order valence-corrected chi connectivity index (χ2v) is 5.82. The van der Waals surface area contributed by atoms with Gasteiger partial charge in [-0.05, 0) is 43.2 Å². The maximum Gasteiger partial charge on any atom is 0.128 e. The fraction of sp³-hybridized carbons (Fsp3) is 0.333. The molecule has 1 saturated heterocycles. The van der Waals surface area contributed by atoms with Crippen molar-refractivity contribution >= 4 is 11.4 Å². The molecule has 0 spiro atoms. The molecule has 1 aliphatic heterocycles. The fourth-order valence-corrected chi connectivity index (χ4v) is 2.87. The molecule has 23 heavy (non-hydrogen) atoms. The SMILES string of the molecule is OC1CCN(c2ccccc2NCc2cc(F)ccc2F)CC1. The second kappa shape index (κ2) is 6.96. The first-order valence-electron chi connectivity index (χ1n) is 7.83. The van der Waals surface area contributed by atoms with Gasteiger partial charge in [-0.2, -0.15) is 0 Å². The first-order chi connectivity index (χ1) is 11.1. The number of hydrogen-bond acceptors (Lipinski definition) is 3. The Morgan fingerprint density at radius 2 is 1.83 bits per heavy atom. The summed E-state index contributed by atoms with van der Waals surface area (Å²) < 4.78 is 27.0. The van der Waals surface area contributed by atoms with Crippen molar-refractivity contribution in [2.45, 2.75) is 25.5 Å². The lowest BCUT2D eigenvalue weighted by Crippen LogP contribution is -2.36. The quantitative estimate of drug-likeness (QED) is 0.905. The van der Waals surface area contributed by atoms with E-state index in [9.17, 15) is 13.9 Å².